The molecule has 20 heavy (non-hydrogen) atoms. The molecule has 0 saturated carbocycles. The van der Waals surface area contributed by atoms with Crippen LogP contribution in [-0.4, -0.2) is 48.4 Å². The first kappa shape index (κ1) is 13.8. The van der Waals surface area contributed by atoms with Crippen molar-refractivity contribution in [2.24, 2.45) is 5.84 Å². The third-order valence-electron chi connectivity index (χ3n) is 3.40. The van der Waals surface area contributed by atoms with Gasteiger partial charge < -0.3 is 10.2 Å². The van der Waals surface area contributed by atoms with Gasteiger partial charge in [0.25, 0.3) is 10.0 Å². The molecule has 3 heterocycles. The highest BCUT2D eigenvalue weighted by Crippen LogP contribution is 2.29. The molecule has 8 nitrogen and oxygen atoms in total. The minimum atomic E-state index is -3.70. The molecule has 3 rings (SSSR count). The van der Waals surface area contributed by atoms with E-state index < -0.39 is 10.0 Å². The van der Waals surface area contributed by atoms with Gasteiger partial charge >= 0.3 is 0 Å². The molecule has 1 saturated heterocycles. The molecule has 1 aliphatic heterocycles. The van der Waals surface area contributed by atoms with Gasteiger partial charge in [-0.15, -0.1) is 11.3 Å². The van der Waals surface area contributed by atoms with Gasteiger partial charge in [0, 0.05) is 25.2 Å². The number of anilines is 1. The Morgan fingerprint density at radius 3 is 3.10 bits per heavy atom. The van der Waals surface area contributed by atoms with E-state index >= 15 is 0 Å². The van der Waals surface area contributed by atoms with Gasteiger partial charge in [-0.1, -0.05) is 0 Å². The third-order valence-corrected chi connectivity index (χ3v) is 6.09. The summed E-state index contributed by atoms with van der Waals surface area (Å²) in [5.74, 6) is 5.55. The lowest BCUT2D eigenvalue weighted by Gasteiger charge is -2.22. The zero-order chi connectivity index (χ0) is 14.3. The van der Waals surface area contributed by atoms with Gasteiger partial charge in [-0.25, -0.2) is 14.3 Å². The Bertz CT molecular complexity index is 716. The van der Waals surface area contributed by atoms with Crippen LogP contribution in [0.15, 0.2) is 16.6 Å². The molecule has 0 aliphatic carbocycles. The van der Waals surface area contributed by atoms with E-state index in [0.29, 0.717) is 24.6 Å². The van der Waals surface area contributed by atoms with E-state index in [1.54, 1.807) is 18.6 Å². The lowest BCUT2D eigenvalue weighted by Crippen LogP contribution is -2.38. The number of fused-ring (bicyclic) bond motifs is 1. The van der Waals surface area contributed by atoms with Gasteiger partial charge in [0.05, 0.1) is 12.6 Å². The molecule has 10 heteroatoms. The van der Waals surface area contributed by atoms with Crippen LogP contribution in [-0.2, 0) is 14.8 Å². The highest BCUT2D eigenvalue weighted by Gasteiger charge is 2.35. The van der Waals surface area contributed by atoms with Crippen molar-refractivity contribution in [1.82, 2.24) is 13.7 Å². The summed E-state index contributed by atoms with van der Waals surface area (Å²) in [5, 5.41) is 1.84. The molecule has 1 aliphatic rings. The highest BCUT2D eigenvalue weighted by molar-refractivity contribution is 7.89. The van der Waals surface area contributed by atoms with Gasteiger partial charge in [0.1, 0.15) is 0 Å². The van der Waals surface area contributed by atoms with Gasteiger partial charge in [-0.3, -0.25) is 4.40 Å². The van der Waals surface area contributed by atoms with E-state index in [9.17, 15) is 8.42 Å². The molecule has 0 radical (unpaired) electrons. The number of hydrogen-bond donors (Lipinski definition) is 2. The van der Waals surface area contributed by atoms with Crippen LogP contribution < -0.4 is 11.3 Å². The largest absolute Gasteiger partial charge is 0.380 e. The maximum Gasteiger partial charge on any atom is 0.263 e. The molecule has 1 fully saturated rings. The normalized spacial score (nSPS) is 20.1. The van der Waals surface area contributed by atoms with Crippen molar-refractivity contribution in [2.75, 3.05) is 25.7 Å². The van der Waals surface area contributed by atoms with Gasteiger partial charge in [-0.05, 0) is 6.42 Å². The summed E-state index contributed by atoms with van der Waals surface area (Å²) in [6.07, 6.45) is 2.35. The molecular weight excluding hydrogens is 302 g/mol. The molecule has 0 spiro atoms. The number of nitrogens with two attached hydrogens (primary N) is 1. The fourth-order valence-electron chi connectivity index (χ4n) is 2.25. The van der Waals surface area contributed by atoms with E-state index in [1.165, 1.54) is 20.0 Å². The van der Waals surface area contributed by atoms with Gasteiger partial charge in [0.2, 0.25) is 5.03 Å². The highest BCUT2D eigenvalue weighted by atomic mass is 32.2. The van der Waals surface area contributed by atoms with Crippen molar-refractivity contribution in [3.8, 4) is 0 Å². The second-order valence-electron chi connectivity index (χ2n) is 4.50. The average molecular weight is 317 g/mol. The minimum absolute atomic E-state index is 0.0608. The predicted molar refractivity (Wildman–Crippen MR) is 75.1 cm³/mol. The first-order valence-electron chi connectivity index (χ1n) is 6.03. The number of nitrogen functional groups attached to an aromatic ring is 1. The van der Waals surface area contributed by atoms with Crippen molar-refractivity contribution in [1.29, 1.82) is 0 Å². The molecule has 2 aromatic heterocycles. The zero-order valence-corrected chi connectivity index (χ0v) is 12.4. The Morgan fingerprint density at radius 1 is 1.65 bits per heavy atom. The molecule has 0 amide bonds. The fourth-order valence-corrected chi connectivity index (χ4v) is 4.60. The predicted octanol–water partition coefficient (Wildman–Crippen LogP) is 0.0908. The molecule has 0 aromatic carbocycles. The van der Waals surface area contributed by atoms with Gasteiger partial charge in [0.15, 0.2) is 10.8 Å². The molecule has 1 unspecified atom stereocenters. The third kappa shape index (κ3) is 2.00. The van der Waals surface area contributed by atoms with Crippen LogP contribution >= 0.6 is 11.3 Å². The minimum Gasteiger partial charge on any atom is -0.380 e. The number of nitrogens with one attached hydrogen (secondary N) is 1. The second-order valence-corrected chi connectivity index (χ2v) is 7.29. The monoisotopic (exact) mass is 317 g/mol. The average Bonchev–Trinajstić information content (AvgIpc) is 3.12. The number of hydrogen-bond acceptors (Lipinski definition) is 7. The standard InChI is InChI=1S/C10H15N5O3S2/c1-14(7-2-4-18-6-7)20(16,17)9-8(13-11)12-10-15(9)3-5-19-10/h3,5,7,13H,2,4,6,11H2,1H3. The summed E-state index contributed by atoms with van der Waals surface area (Å²) in [6.45, 7) is 0.986. The Kier molecular flexibility index (Phi) is 3.42. The molecule has 1 atom stereocenters. The molecular formula is C10H15N5O3S2. The smallest absolute Gasteiger partial charge is 0.263 e. The van der Waals surface area contributed by atoms with Crippen LogP contribution in [0.3, 0.4) is 0 Å². The number of thiazole rings is 1. The first-order chi connectivity index (χ1) is 9.55. The maximum atomic E-state index is 12.8. The Balaban J connectivity index is 2.10. The molecule has 0 bridgehead atoms. The van der Waals surface area contributed by atoms with E-state index in [2.05, 4.69) is 10.4 Å². The second kappa shape index (κ2) is 4.97. The van der Waals surface area contributed by atoms with E-state index in [1.807, 2.05) is 0 Å². The summed E-state index contributed by atoms with van der Waals surface area (Å²) in [6, 6.07) is -0.158. The SMILES string of the molecule is CN(C1CCOC1)S(=O)(=O)c1c(NN)nc2sccn12. The Labute approximate surface area is 120 Å². The number of rotatable bonds is 4. The summed E-state index contributed by atoms with van der Waals surface area (Å²) in [4.78, 5) is 4.75. The first-order valence-corrected chi connectivity index (χ1v) is 8.35. The summed E-state index contributed by atoms with van der Waals surface area (Å²) in [7, 11) is -2.14. The van der Waals surface area contributed by atoms with Crippen LogP contribution in [0.25, 0.3) is 4.96 Å². The number of aromatic nitrogens is 2. The van der Waals surface area contributed by atoms with Crippen molar-refractivity contribution in [3.05, 3.63) is 11.6 Å². The number of likely N-dealkylation sites (N-methyl/N-ethyl adjacent to an activating group) is 1. The van der Waals surface area contributed by atoms with Crippen LogP contribution in [0.5, 0.6) is 0 Å². The maximum absolute atomic E-state index is 12.8. The fraction of sp³-hybridized carbons (Fsp3) is 0.500. The van der Waals surface area contributed by atoms with Crippen LogP contribution in [0.2, 0.25) is 0 Å². The quantitative estimate of drug-likeness (QED) is 0.612. The van der Waals surface area contributed by atoms with E-state index in [0.717, 1.165) is 0 Å². The molecule has 3 N–H and O–H groups in total. The lowest BCUT2D eigenvalue weighted by atomic mass is 10.3. The lowest BCUT2D eigenvalue weighted by molar-refractivity contribution is 0.180. The van der Waals surface area contributed by atoms with Crippen molar-refractivity contribution in [2.45, 2.75) is 17.5 Å². The van der Waals surface area contributed by atoms with Crippen LogP contribution in [0.1, 0.15) is 6.42 Å². The van der Waals surface area contributed by atoms with Crippen molar-refractivity contribution < 1.29 is 13.2 Å². The van der Waals surface area contributed by atoms with Crippen LogP contribution in [0.4, 0.5) is 5.82 Å². The molecule has 110 valence electrons. The Morgan fingerprint density at radius 2 is 2.45 bits per heavy atom. The van der Waals surface area contributed by atoms with E-state index in [-0.39, 0.29) is 16.9 Å². The number of sulfonamides is 1. The van der Waals surface area contributed by atoms with Crippen molar-refractivity contribution in [3.63, 3.8) is 0 Å². The number of nitrogens with zero attached hydrogens (tertiary/aromatic N) is 3. The number of hydrazine groups is 1. The number of imidazole rings is 1. The van der Waals surface area contributed by atoms with Gasteiger partial charge in [-0.2, -0.15) is 9.29 Å². The topological polar surface area (TPSA) is 102 Å². The summed E-state index contributed by atoms with van der Waals surface area (Å²) in [5.41, 5.74) is 2.36. The molecule has 2 aromatic rings. The zero-order valence-electron chi connectivity index (χ0n) is 10.8. The van der Waals surface area contributed by atoms with Crippen molar-refractivity contribution >= 4 is 32.1 Å². The Hall–Kier alpha value is -1.20. The van der Waals surface area contributed by atoms with E-state index in [4.69, 9.17) is 10.6 Å². The van der Waals surface area contributed by atoms with Crippen LogP contribution in [0, 0.1) is 0 Å². The number of ether oxygens (including phenoxy) is 1. The summed E-state index contributed by atoms with van der Waals surface area (Å²) >= 11 is 1.35. The summed E-state index contributed by atoms with van der Waals surface area (Å²) < 4.78 is 33.7.